The first-order valence-electron chi connectivity index (χ1n) is 7.71. The van der Waals surface area contributed by atoms with E-state index in [0.29, 0.717) is 12.1 Å². The van der Waals surface area contributed by atoms with Gasteiger partial charge in [-0.05, 0) is 37.8 Å². The monoisotopic (exact) mass is 299 g/mol. The van der Waals surface area contributed by atoms with Gasteiger partial charge < -0.3 is 10.0 Å². The van der Waals surface area contributed by atoms with Gasteiger partial charge in [-0.25, -0.2) is 0 Å². The molecule has 2 N–H and O–H groups in total. The van der Waals surface area contributed by atoms with Crippen LogP contribution in [0.3, 0.4) is 0 Å². The number of amides is 1. The summed E-state index contributed by atoms with van der Waals surface area (Å²) in [7, 11) is 0. The van der Waals surface area contributed by atoms with Gasteiger partial charge in [0.2, 0.25) is 0 Å². The van der Waals surface area contributed by atoms with Gasteiger partial charge in [0.05, 0.1) is 6.10 Å². The molecule has 1 aromatic carbocycles. The Kier molecular flexibility index (Phi) is 4.24. The fourth-order valence-electron chi connectivity index (χ4n) is 3.09. The van der Waals surface area contributed by atoms with Crippen LogP contribution in [0.25, 0.3) is 0 Å². The van der Waals surface area contributed by atoms with Gasteiger partial charge in [-0.1, -0.05) is 30.3 Å². The first kappa shape index (κ1) is 14.8. The molecule has 1 aliphatic rings. The Morgan fingerprint density at radius 2 is 2.23 bits per heavy atom. The topological polar surface area (TPSA) is 69.2 Å². The lowest BCUT2D eigenvalue weighted by Crippen LogP contribution is -2.36. The Morgan fingerprint density at radius 3 is 2.91 bits per heavy atom. The van der Waals surface area contributed by atoms with Gasteiger partial charge >= 0.3 is 0 Å². The molecule has 1 amide bonds. The summed E-state index contributed by atoms with van der Waals surface area (Å²) in [5, 5.41) is 17.3. The fraction of sp³-hybridized carbons (Fsp3) is 0.412. The number of benzene rings is 1. The molecule has 0 spiro atoms. The van der Waals surface area contributed by atoms with Crippen LogP contribution in [0.2, 0.25) is 0 Å². The second kappa shape index (κ2) is 6.32. The van der Waals surface area contributed by atoms with Crippen molar-refractivity contribution in [1.82, 2.24) is 15.1 Å². The van der Waals surface area contributed by atoms with Crippen molar-refractivity contribution in [3.8, 4) is 0 Å². The van der Waals surface area contributed by atoms with E-state index < -0.39 is 6.10 Å². The lowest BCUT2D eigenvalue weighted by Gasteiger charge is -2.26. The van der Waals surface area contributed by atoms with E-state index in [1.54, 1.807) is 6.07 Å². The molecule has 2 atom stereocenters. The summed E-state index contributed by atoms with van der Waals surface area (Å²) in [6.45, 7) is 2.61. The number of aromatic nitrogens is 2. The normalized spacial score (nSPS) is 19.4. The molecule has 1 fully saturated rings. The number of aliphatic hydroxyl groups is 1. The number of H-pyrrole nitrogens is 1. The van der Waals surface area contributed by atoms with Gasteiger partial charge in [-0.3, -0.25) is 9.89 Å². The van der Waals surface area contributed by atoms with Crippen LogP contribution in [0.15, 0.2) is 36.4 Å². The van der Waals surface area contributed by atoms with Crippen molar-refractivity contribution in [3.63, 3.8) is 0 Å². The Labute approximate surface area is 130 Å². The van der Waals surface area contributed by atoms with Crippen molar-refractivity contribution < 1.29 is 9.90 Å². The van der Waals surface area contributed by atoms with Crippen molar-refractivity contribution >= 4 is 5.91 Å². The summed E-state index contributed by atoms with van der Waals surface area (Å²) in [5.74, 6) is -0.0490. The van der Waals surface area contributed by atoms with E-state index >= 15 is 0 Å². The van der Waals surface area contributed by atoms with Gasteiger partial charge in [0.25, 0.3) is 5.91 Å². The van der Waals surface area contributed by atoms with Crippen LogP contribution in [-0.4, -0.2) is 38.7 Å². The van der Waals surface area contributed by atoms with Crippen molar-refractivity contribution in [3.05, 3.63) is 53.3 Å². The molecule has 22 heavy (non-hydrogen) atoms. The van der Waals surface area contributed by atoms with Crippen LogP contribution in [0, 0.1) is 6.92 Å². The van der Waals surface area contributed by atoms with E-state index in [9.17, 15) is 9.90 Å². The summed E-state index contributed by atoms with van der Waals surface area (Å²) >= 11 is 0. The molecule has 116 valence electrons. The molecule has 0 saturated carbocycles. The summed E-state index contributed by atoms with van der Waals surface area (Å²) in [4.78, 5) is 14.4. The number of hydrogen-bond acceptors (Lipinski definition) is 3. The lowest BCUT2D eigenvalue weighted by molar-refractivity contribution is 0.0661. The third-order valence-corrected chi connectivity index (χ3v) is 4.24. The van der Waals surface area contributed by atoms with Gasteiger partial charge in [0.15, 0.2) is 0 Å². The first-order valence-corrected chi connectivity index (χ1v) is 7.71. The molecule has 0 radical (unpaired) electrons. The Balaban J connectivity index is 1.69. The molecule has 2 unspecified atom stereocenters. The van der Waals surface area contributed by atoms with E-state index in [-0.39, 0.29) is 11.9 Å². The van der Waals surface area contributed by atoms with Gasteiger partial charge in [-0.2, -0.15) is 5.10 Å². The van der Waals surface area contributed by atoms with Gasteiger partial charge in [0.1, 0.15) is 5.69 Å². The highest BCUT2D eigenvalue weighted by atomic mass is 16.3. The Morgan fingerprint density at radius 1 is 1.45 bits per heavy atom. The summed E-state index contributed by atoms with van der Waals surface area (Å²) in [5.41, 5.74) is 2.24. The Bertz CT molecular complexity index is 638. The van der Waals surface area contributed by atoms with Crippen LogP contribution in [0.4, 0.5) is 0 Å². The number of hydrogen-bond donors (Lipinski definition) is 2. The van der Waals surface area contributed by atoms with Gasteiger partial charge in [-0.15, -0.1) is 0 Å². The predicted molar refractivity (Wildman–Crippen MR) is 83.4 cm³/mol. The minimum atomic E-state index is -0.541. The van der Waals surface area contributed by atoms with Crippen LogP contribution in [0.5, 0.6) is 0 Å². The molecular formula is C17H21N3O2. The molecule has 2 heterocycles. The maximum absolute atomic E-state index is 12.6. The molecular weight excluding hydrogens is 278 g/mol. The summed E-state index contributed by atoms with van der Waals surface area (Å²) in [6.07, 6.45) is 1.93. The van der Waals surface area contributed by atoms with Crippen LogP contribution in [-0.2, 0) is 0 Å². The number of carbonyl (C=O) groups excluding carboxylic acids is 1. The largest absolute Gasteiger partial charge is 0.388 e. The SMILES string of the molecule is Cc1cc(C(=O)N2CCCC2CC(O)c2ccccc2)n[nH]1. The van der Waals surface area contributed by atoms with E-state index in [2.05, 4.69) is 10.2 Å². The quantitative estimate of drug-likeness (QED) is 0.911. The minimum Gasteiger partial charge on any atom is -0.388 e. The molecule has 2 aromatic rings. The van der Waals surface area contributed by atoms with Gasteiger partial charge in [0, 0.05) is 18.3 Å². The minimum absolute atomic E-state index is 0.0490. The zero-order valence-electron chi connectivity index (χ0n) is 12.7. The number of nitrogens with zero attached hydrogens (tertiary/aromatic N) is 2. The molecule has 5 nitrogen and oxygen atoms in total. The van der Waals surface area contributed by atoms with Crippen molar-refractivity contribution in [2.75, 3.05) is 6.54 Å². The number of likely N-dealkylation sites (tertiary alicyclic amines) is 1. The second-order valence-electron chi connectivity index (χ2n) is 5.89. The maximum atomic E-state index is 12.6. The zero-order chi connectivity index (χ0) is 15.5. The van der Waals surface area contributed by atoms with Crippen molar-refractivity contribution in [2.24, 2.45) is 0 Å². The molecule has 3 rings (SSSR count). The smallest absolute Gasteiger partial charge is 0.274 e. The van der Waals surface area contributed by atoms with E-state index in [4.69, 9.17) is 0 Å². The van der Waals surface area contributed by atoms with Crippen LogP contribution >= 0.6 is 0 Å². The van der Waals surface area contributed by atoms with Crippen molar-refractivity contribution in [1.29, 1.82) is 0 Å². The zero-order valence-corrected chi connectivity index (χ0v) is 12.7. The standard InChI is InChI=1S/C17H21N3O2/c1-12-10-15(19-18-12)17(22)20-9-5-8-14(20)11-16(21)13-6-3-2-4-7-13/h2-4,6-7,10,14,16,21H,5,8-9,11H2,1H3,(H,18,19). The number of aliphatic hydroxyl groups excluding tert-OH is 1. The molecule has 1 aromatic heterocycles. The predicted octanol–water partition coefficient (Wildman–Crippen LogP) is 2.45. The third-order valence-electron chi connectivity index (χ3n) is 4.24. The highest BCUT2D eigenvalue weighted by molar-refractivity contribution is 5.92. The Hall–Kier alpha value is -2.14. The van der Waals surface area contributed by atoms with E-state index in [0.717, 1.165) is 30.6 Å². The first-order chi connectivity index (χ1) is 10.6. The summed E-state index contributed by atoms with van der Waals surface area (Å²) in [6, 6.07) is 11.4. The number of aromatic amines is 1. The highest BCUT2D eigenvalue weighted by Crippen LogP contribution is 2.28. The molecule has 1 aliphatic heterocycles. The third kappa shape index (κ3) is 3.04. The molecule has 1 saturated heterocycles. The van der Waals surface area contributed by atoms with Crippen LogP contribution in [0.1, 0.15) is 47.1 Å². The highest BCUT2D eigenvalue weighted by Gasteiger charge is 2.32. The number of rotatable bonds is 4. The summed E-state index contributed by atoms with van der Waals surface area (Å²) < 4.78 is 0. The van der Waals surface area contributed by atoms with E-state index in [1.807, 2.05) is 42.2 Å². The van der Waals surface area contributed by atoms with E-state index in [1.165, 1.54) is 0 Å². The average Bonchev–Trinajstić information content (AvgIpc) is 3.16. The van der Waals surface area contributed by atoms with Crippen molar-refractivity contribution in [2.45, 2.75) is 38.3 Å². The molecule has 5 heteroatoms. The maximum Gasteiger partial charge on any atom is 0.274 e. The molecule has 0 aliphatic carbocycles. The molecule has 0 bridgehead atoms. The number of nitrogens with one attached hydrogen (secondary N) is 1. The average molecular weight is 299 g/mol. The fourth-order valence-corrected chi connectivity index (χ4v) is 3.09. The number of carbonyl (C=O) groups is 1. The number of aryl methyl sites for hydroxylation is 1. The second-order valence-corrected chi connectivity index (χ2v) is 5.89. The van der Waals surface area contributed by atoms with Crippen LogP contribution < -0.4 is 0 Å². The lowest BCUT2D eigenvalue weighted by atomic mass is 10.0.